The van der Waals surface area contributed by atoms with Crippen molar-refractivity contribution >= 4 is 17.5 Å². The minimum Gasteiger partial charge on any atom is -0.337 e. The zero-order valence-electron chi connectivity index (χ0n) is 15.1. The lowest BCUT2D eigenvalue weighted by Crippen LogP contribution is -2.47. The van der Waals surface area contributed by atoms with E-state index in [-0.39, 0.29) is 24.4 Å². The molecule has 4 rings (SSSR count). The van der Waals surface area contributed by atoms with Crippen LogP contribution in [0.25, 0.3) is 0 Å². The van der Waals surface area contributed by atoms with Gasteiger partial charge in [0.15, 0.2) is 0 Å². The number of hydrogen-bond donors (Lipinski definition) is 0. The number of amides is 2. The molecular formula is C19H24N5O2+. The van der Waals surface area contributed by atoms with E-state index >= 15 is 0 Å². The SMILES string of the molecule is CCCc1nnc2n1C1C=CC=CC1=[N+](CC(=O)N1CCCCC1)C2=O. The number of fused-ring (bicyclic) bond motifs is 3. The molecule has 0 aromatic carbocycles. The van der Waals surface area contributed by atoms with E-state index in [0.29, 0.717) is 5.82 Å². The lowest BCUT2D eigenvalue weighted by Gasteiger charge is -2.27. The molecule has 1 aliphatic carbocycles. The molecule has 2 aliphatic heterocycles. The van der Waals surface area contributed by atoms with E-state index in [4.69, 9.17) is 0 Å². The summed E-state index contributed by atoms with van der Waals surface area (Å²) in [5.74, 6) is 0.916. The molecule has 1 atom stereocenters. The highest BCUT2D eigenvalue weighted by Crippen LogP contribution is 2.25. The van der Waals surface area contributed by atoms with E-state index in [2.05, 4.69) is 17.1 Å². The fourth-order valence-corrected chi connectivity index (χ4v) is 3.92. The summed E-state index contributed by atoms with van der Waals surface area (Å²) < 4.78 is 3.50. The molecule has 2 amide bonds. The highest BCUT2D eigenvalue weighted by atomic mass is 16.2. The Morgan fingerprint density at radius 3 is 2.81 bits per heavy atom. The number of aromatic nitrogens is 3. The topological polar surface area (TPSA) is 71.1 Å². The zero-order chi connectivity index (χ0) is 18.1. The summed E-state index contributed by atoms with van der Waals surface area (Å²) in [5.41, 5.74) is 0.826. The number of nitrogens with zero attached hydrogens (tertiary/aromatic N) is 5. The number of carbonyl (C=O) groups excluding carboxylic acids is 2. The third-order valence-corrected chi connectivity index (χ3v) is 5.24. The van der Waals surface area contributed by atoms with E-state index in [1.807, 2.05) is 33.8 Å². The summed E-state index contributed by atoms with van der Waals surface area (Å²) in [4.78, 5) is 27.7. The summed E-state index contributed by atoms with van der Waals surface area (Å²) in [5, 5.41) is 8.37. The van der Waals surface area contributed by atoms with Crippen molar-refractivity contribution in [3.63, 3.8) is 0 Å². The number of rotatable bonds is 4. The van der Waals surface area contributed by atoms with Gasteiger partial charge in [0.2, 0.25) is 12.3 Å². The van der Waals surface area contributed by atoms with Gasteiger partial charge in [0.05, 0.1) is 0 Å². The highest BCUT2D eigenvalue weighted by Gasteiger charge is 2.43. The van der Waals surface area contributed by atoms with Gasteiger partial charge in [-0.15, -0.1) is 14.8 Å². The summed E-state index contributed by atoms with van der Waals surface area (Å²) in [6, 6.07) is -0.126. The van der Waals surface area contributed by atoms with Gasteiger partial charge in [0.25, 0.3) is 11.7 Å². The van der Waals surface area contributed by atoms with Crippen molar-refractivity contribution in [1.29, 1.82) is 0 Å². The molecule has 0 saturated carbocycles. The molecule has 1 saturated heterocycles. The molecule has 7 heteroatoms. The Kier molecular flexibility index (Phi) is 4.53. The maximum atomic E-state index is 13.1. The monoisotopic (exact) mass is 354 g/mol. The Labute approximate surface area is 152 Å². The first-order chi connectivity index (χ1) is 12.7. The molecule has 136 valence electrons. The Balaban J connectivity index is 1.69. The van der Waals surface area contributed by atoms with Gasteiger partial charge in [-0.1, -0.05) is 25.2 Å². The molecule has 1 unspecified atom stereocenters. The van der Waals surface area contributed by atoms with Crippen LogP contribution >= 0.6 is 0 Å². The average molecular weight is 354 g/mol. The second-order valence-electron chi connectivity index (χ2n) is 7.01. The minimum atomic E-state index is -0.239. The van der Waals surface area contributed by atoms with Crippen LogP contribution in [0.5, 0.6) is 0 Å². The van der Waals surface area contributed by atoms with Crippen LogP contribution in [0.4, 0.5) is 0 Å². The first-order valence-electron chi connectivity index (χ1n) is 9.46. The second-order valence-corrected chi connectivity index (χ2v) is 7.01. The van der Waals surface area contributed by atoms with Gasteiger partial charge in [0.1, 0.15) is 11.9 Å². The molecule has 1 aromatic rings. The van der Waals surface area contributed by atoms with Crippen molar-refractivity contribution in [2.45, 2.75) is 45.1 Å². The first-order valence-corrected chi connectivity index (χ1v) is 9.46. The maximum absolute atomic E-state index is 13.1. The van der Waals surface area contributed by atoms with Gasteiger partial charge in [-0.25, -0.2) is 4.79 Å². The Morgan fingerprint density at radius 2 is 2.04 bits per heavy atom. The number of piperidine rings is 1. The molecule has 0 N–H and O–H groups in total. The Hall–Kier alpha value is -2.57. The third-order valence-electron chi connectivity index (χ3n) is 5.24. The normalized spacial score (nSPS) is 21.8. The number of hydrogen-bond acceptors (Lipinski definition) is 4. The summed E-state index contributed by atoms with van der Waals surface area (Å²) >= 11 is 0. The molecular weight excluding hydrogens is 330 g/mol. The predicted molar refractivity (Wildman–Crippen MR) is 96.2 cm³/mol. The van der Waals surface area contributed by atoms with Crippen LogP contribution in [0.2, 0.25) is 0 Å². The molecule has 7 nitrogen and oxygen atoms in total. The molecule has 26 heavy (non-hydrogen) atoms. The zero-order valence-corrected chi connectivity index (χ0v) is 15.1. The van der Waals surface area contributed by atoms with Crippen LogP contribution in [0.15, 0.2) is 24.3 Å². The van der Waals surface area contributed by atoms with Crippen molar-refractivity contribution in [2.75, 3.05) is 19.6 Å². The predicted octanol–water partition coefficient (Wildman–Crippen LogP) is 1.52. The van der Waals surface area contributed by atoms with Gasteiger partial charge in [-0.3, -0.25) is 9.36 Å². The summed E-state index contributed by atoms with van der Waals surface area (Å²) in [7, 11) is 0. The van der Waals surface area contributed by atoms with Gasteiger partial charge < -0.3 is 4.90 Å². The van der Waals surface area contributed by atoms with E-state index in [9.17, 15) is 9.59 Å². The highest BCUT2D eigenvalue weighted by molar-refractivity contribution is 6.04. The summed E-state index contributed by atoms with van der Waals surface area (Å²) in [6.07, 6.45) is 12.8. The molecule has 0 radical (unpaired) electrons. The second kappa shape index (κ2) is 6.97. The number of carbonyl (C=O) groups is 2. The van der Waals surface area contributed by atoms with Crippen molar-refractivity contribution < 1.29 is 14.2 Å². The molecule has 0 bridgehead atoms. The largest absolute Gasteiger partial charge is 0.457 e. The van der Waals surface area contributed by atoms with Gasteiger partial charge in [-0.2, -0.15) is 0 Å². The van der Waals surface area contributed by atoms with Crippen molar-refractivity contribution in [3.8, 4) is 0 Å². The molecule has 1 aromatic heterocycles. The maximum Gasteiger partial charge on any atom is 0.457 e. The molecule has 1 fully saturated rings. The van der Waals surface area contributed by atoms with Crippen molar-refractivity contribution in [1.82, 2.24) is 19.7 Å². The number of aryl methyl sites for hydroxylation is 1. The third kappa shape index (κ3) is 2.81. The van der Waals surface area contributed by atoms with E-state index < -0.39 is 0 Å². The standard InChI is InChI=1S/C19H24N5O2/c1-2-8-16-20-21-18-19(26)23(13-17(25)22-11-6-3-7-12-22)14-9-4-5-10-15(14)24(16)18/h4-5,9-10,15H,2-3,6-8,11-13H2,1H3/q+1. The van der Waals surface area contributed by atoms with Crippen LogP contribution < -0.4 is 0 Å². The first kappa shape index (κ1) is 16.9. The van der Waals surface area contributed by atoms with E-state index in [1.165, 1.54) is 6.42 Å². The van der Waals surface area contributed by atoms with Crippen molar-refractivity contribution in [3.05, 3.63) is 36.0 Å². The summed E-state index contributed by atoms with van der Waals surface area (Å²) in [6.45, 7) is 3.72. The van der Waals surface area contributed by atoms with E-state index in [1.54, 1.807) is 4.58 Å². The van der Waals surface area contributed by atoms with Gasteiger partial charge >= 0.3 is 5.91 Å². The van der Waals surface area contributed by atoms with Crippen molar-refractivity contribution in [2.24, 2.45) is 0 Å². The van der Waals surface area contributed by atoms with Gasteiger partial charge in [0, 0.05) is 25.6 Å². The fourth-order valence-electron chi connectivity index (χ4n) is 3.92. The quantitative estimate of drug-likeness (QED) is 0.769. The Bertz CT molecular complexity index is 827. The number of likely N-dealkylation sites (tertiary alicyclic amines) is 1. The van der Waals surface area contributed by atoms with E-state index in [0.717, 1.165) is 50.3 Å². The number of allylic oxidation sites excluding steroid dienone is 4. The molecule has 3 heterocycles. The van der Waals surface area contributed by atoms with Crippen LogP contribution in [0.3, 0.4) is 0 Å². The minimum absolute atomic E-state index is 0.00833. The van der Waals surface area contributed by atoms with Crippen LogP contribution in [-0.4, -0.2) is 61.4 Å². The lowest BCUT2D eigenvalue weighted by molar-refractivity contribution is -0.422. The van der Waals surface area contributed by atoms with Gasteiger partial charge in [-0.05, 0) is 25.7 Å². The molecule has 3 aliphatic rings. The smallest absolute Gasteiger partial charge is 0.337 e. The average Bonchev–Trinajstić information content (AvgIpc) is 3.10. The lowest BCUT2D eigenvalue weighted by atomic mass is 10.0. The Morgan fingerprint density at radius 1 is 1.23 bits per heavy atom. The van der Waals surface area contributed by atoms with Crippen LogP contribution in [0, 0.1) is 0 Å². The molecule has 0 spiro atoms. The van der Waals surface area contributed by atoms with Crippen LogP contribution in [0.1, 0.15) is 55.1 Å². The van der Waals surface area contributed by atoms with Crippen LogP contribution in [-0.2, 0) is 11.2 Å². The fraction of sp³-hybridized carbons (Fsp3) is 0.526.